The van der Waals surface area contributed by atoms with Crippen molar-refractivity contribution >= 4 is 5.97 Å². The lowest BCUT2D eigenvalue weighted by Crippen LogP contribution is -2.39. The van der Waals surface area contributed by atoms with E-state index in [1.54, 1.807) is 0 Å². The van der Waals surface area contributed by atoms with Crippen molar-refractivity contribution in [1.82, 2.24) is 9.88 Å². The number of carbonyl (C=O) groups is 1. The van der Waals surface area contributed by atoms with E-state index in [9.17, 15) is 9.90 Å². The van der Waals surface area contributed by atoms with Crippen molar-refractivity contribution in [3.8, 4) is 11.5 Å². The molecule has 136 valence electrons. The number of carboxylic acid groups (broad SMARTS) is 1. The second kappa shape index (κ2) is 6.96. The first kappa shape index (κ1) is 16.8. The van der Waals surface area contributed by atoms with Crippen LogP contribution >= 0.6 is 0 Å². The molecule has 1 saturated heterocycles. The highest BCUT2D eigenvalue weighted by atomic mass is 16.7. The van der Waals surface area contributed by atoms with E-state index in [2.05, 4.69) is 22.9 Å². The number of benzene rings is 1. The van der Waals surface area contributed by atoms with Gasteiger partial charge in [-0.05, 0) is 67.7 Å². The van der Waals surface area contributed by atoms with E-state index in [1.807, 2.05) is 30.6 Å². The number of aryl methyl sites for hydroxylation is 1. The Hall–Kier alpha value is -2.60. The number of aliphatic carboxylic acids is 1. The lowest BCUT2D eigenvalue weighted by atomic mass is 9.90. The van der Waals surface area contributed by atoms with Gasteiger partial charge in [0, 0.05) is 12.4 Å². The number of hydrogen-bond donors (Lipinski definition) is 1. The second-order valence-corrected chi connectivity index (χ2v) is 6.90. The maximum Gasteiger partial charge on any atom is 0.306 e. The Balaban J connectivity index is 1.69. The highest BCUT2D eigenvalue weighted by molar-refractivity contribution is 5.70. The molecule has 2 aliphatic heterocycles. The molecule has 1 aromatic heterocycles. The smallest absolute Gasteiger partial charge is 0.306 e. The van der Waals surface area contributed by atoms with Gasteiger partial charge in [0.15, 0.2) is 11.5 Å². The number of rotatable bonds is 4. The van der Waals surface area contributed by atoms with E-state index in [1.165, 1.54) is 5.56 Å². The molecule has 0 radical (unpaired) electrons. The molecular weight excluding hydrogens is 332 g/mol. The van der Waals surface area contributed by atoms with Crippen LogP contribution < -0.4 is 9.47 Å². The second-order valence-electron chi connectivity index (χ2n) is 6.90. The van der Waals surface area contributed by atoms with Crippen LogP contribution in [0.2, 0.25) is 0 Å². The molecule has 26 heavy (non-hydrogen) atoms. The van der Waals surface area contributed by atoms with Crippen molar-refractivity contribution < 1.29 is 19.4 Å². The molecule has 1 unspecified atom stereocenters. The van der Waals surface area contributed by atoms with Gasteiger partial charge >= 0.3 is 5.97 Å². The van der Waals surface area contributed by atoms with Crippen molar-refractivity contribution in [1.29, 1.82) is 0 Å². The maximum absolute atomic E-state index is 11.3. The molecule has 2 aromatic rings. The Morgan fingerprint density at radius 2 is 2.00 bits per heavy atom. The third kappa shape index (κ3) is 3.12. The third-order valence-electron chi connectivity index (χ3n) is 5.31. The van der Waals surface area contributed by atoms with Gasteiger partial charge in [0.1, 0.15) is 0 Å². The predicted octanol–water partition coefficient (Wildman–Crippen LogP) is 3.00. The summed E-state index contributed by atoms with van der Waals surface area (Å²) < 4.78 is 11.0. The number of nitrogens with zero attached hydrogens (tertiary/aromatic N) is 2. The Labute approximate surface area is 152 Å². The van der Waals surface area contributed by atoms with Gasteiger partial charge in [-0.2, -0.15) is 0 Å². The van der Waals surface area contributed by atoms with Gasteiger partial charge < -0.3 is 14.6 Å². The Morgan fingerprint density at radius 3 is 2.73 bits per heavy atom. The number of piperidine rings is 1. The molecule has 6 nitrogen and oxygen atoms in total. The summed E-state index contributed by atoms with van der Waals surface area (Å²) in [5.41, 5.74) is 3.43. The summed E-state index contributed by atoms with van der Waals surface area (Å²) >= 11 is 0. The van der Waals surface area contributed by atoms with Crippen LogP contribution in [0.25, 0.3) is 0 Å². The highest BCUT2D eigenvalue weighted by Crippen LogP contribution is 2.39. The molecule has 2 aliphatic rings. The Kier molecular flexibility index (Phi) is 4.51. The van der Waals surface area contributed by atoms with E-state index in [4.69, 9.17) is 9.47 Å². The van der Waals surface area contributed by atoms with Gasteiger partial charge in [-0.3, -0.25) is 14.7 Å². The largest absolute Gasteiger partial charge is 0.481 e. The number of hydrogen-bond acceptors (Lipinski definition) is 5. The monoisotopic (exact) mass is 354 g/mol. The Bertz CT molecular complexity index is 815. The fourth-order valence-corrected chi connectivity index (χ4v) is 3.87. The normalized spacial score (nSPS) is 18.7. The molecule has 0 spiro atoms. The quantitative estimate of drug-likeness (QED) is 0.910. The minimum absolute atomic E-state index is 0.0437. The van der Waals surface area contributed by atoms with E-state index in [0.717, 1.165) is 35.7 Å². The lowest BCUT2D eigenvalue weighted by molar-refractivity contribution is -0.143. The lowest BCUT2D eigenvalue weighted by Gasteiger charge is -2.37. The van der Waals surface area contributed by atoms with Gasteiger partial charge in [0.05, 0.1) is 12.0 Å². The highest BCUT2D eigenvalue weighted by Gasteiger charge is 2.31. The van der Waals surface area contributed by atoms with Crippen LogP contribution in [-0.2, 0) is 4.79 Å². The van der Waals surface area contributed by atoms with Crippen LogP contribution in [-0.4, -0.2) is 40.8 Å². The standard InChI is InChI=1S/C20H22N2O4/c1-13-11-21-7-4-16(13)19(22-8-5-14(6-9-22)20(23)24)15-2-3-17-18(10-15)26-12-25-17/h2-4,7,10-11,14,19H,5-6,8-9,12H2,1H3,(H,23,24). The molecule has 3 heterocycles. The Morgan fingerprint density at radius 1 is 1.23 bits per heavy atom. The van der Waals surface area contributed by atoms with Crippen LogP contribution in [0, 0.1) is 12.8 Å². The number of pyridine rings is 1. The van der Waals surface area contributed by atoms with Gasteiger partial charge in [-0.1, -0.05) is 6.07 Å². The summed E-state index contributed by atoms with van der Waals surface area (Å²) in [4.78, 5) is 17.9. The first-order chi connectivity index (χ1) is 12.6. The average molecular weight is 354 g/mol. The molecule has 0 bridgehead atoms. The van der Waals surface area contributed by atoms with Crippen LogP contribution in [0.3, 0.4) is 0 Å². The zero-order chi connectivity index (χ0) is 18.1. The number of ether oxygens (including phenoxy) is 2. The summed E-state index contributed by atoms with van der Waals surface area (Å²) in [5, 5.41) is 9.29. The first-order valence-electron chi connectivity index (χ1n) is 8.90. The molecule has 4 rings (SSSR count). The van der Waals surface area contributed by atoms with Crippen molar-refractivity contribution in [3.63, 3.8) is 0 Å². The van der Waals surface area contributed by atoms with Crippen LogP contribution in [0.1, 0.15) is 35.6 Å². The molecule has 0 saturated carbocycles. The van der Waals surface area contributed by atoms with Crippen molar-refractivity contribution in [2.24, 2.45) is 5.92 Å². The molecule has 1 N–H and O–H groups in total. The van der Waals surface area contributed by atoms with E-state index >= 15 is 0 Å². The van der Waals surface area contributed by atoms with E-state index < -0.39 is 5.97 Å². The minimum Gasteiger partial charge on any atom is -0.481 e. The molecule has 1 atom stereocenters. The summed E-state index contributed by atoms with van der Waals surface area (Å²) in [6.45, 7) is 3.81. The summed E-state index contributed by atoms with van der Waals surface area (Å²) in [5.74, 6) is 0.592. The fourth-order valence-electron chi connectivity index (χ4n) is 3.87. The van der Waals surface area contributed by atoms with Crippen LogP contribution in [0.4, 0.5) is 0 Å². The topological polar surface area (TPSA) is 71.9 Å². The average Bonchev–Trinajstić information content (AvgIpc) is 3.12. The number of carboxylic acids is 1. The number of likely N-dealkylation sites (tertiary alicyclic amines) is 1. The van der Waals surface area contributed by atoms with Crippen LogP contribution in [0.15, 0.2) is 36.7 Å². The third-order valence-corrected chi connectivity index (χ3v) is 5.31. The van der Waals surface area contributed by atoms with Gasteiger partial charge in [0.2, 0.25) is 6.79 Å². The molecule has 0 aliphatic carbocycles. The summed E-state index contributed by atoms with van der Waals surface area (Å²) in [6.07, 6.45) is 5.02. The molecule has 0 amide bonds. The van der Waals surface area contributed by atoms with Gasteiger partial charge in [0.25, 0.3) is 0 Å². The zero-order valence-corrected chi connectivity index (χ0v) is 14.7. The van der Waals surface area contributed by atoms with Crippen molar-refractivity contribution in [3.05, 3.63) is 53.3 Å². The van der Waals surface area contributed by atoms with Gasteiger partial charge in [-0.15, -0.1) is 0 Å². The minimum atomic E-state index is -0.690. The number of fused-ring (bicyclic) bond motifs is 1. The molecular formula is C20H22N2O4. The zero-order valence-electron chi connectivity index (χ0n) is 14.7. The van der Waals surface area contributed by atoms with Crippen molar-refractivity contribution in [2.75, 3.05) is 19.9 Å². The van der Waals surface area contributed by atoms with Crippen LogP contribution in [0.5, 0.6) is 11.5 Å². The molecule has 1 fully saturated rings. The summed E-state index contributed by atoms with van der Waals surface area (Å²) in [6, 6.07) is 8.15. The number of aromatic nitrogens is 1. The first-order valence-corrected chi connectivity index (χ1v) is 8.90. The van der Waals surface area contributed by atoms with E-state index in [0.29, 0.717) is 12.8 Å². The predicted molar refractivity (Wildman–Crippen MR) is 95.3 cm³/mol. The molecule has 1 aromatic carbocycles. The summed E-state index contributed by atoms with van der Waals surface area (Å²) in [7, 11) is 0. The molecule has 6 heteroatoms. The maximum atomic E-state index is 11.3. The SMILES string of the molecule is Cc1cnccc1C(c1ccc2c(c1)OCO2)N1CCC(C(=O)O)CC1. The van der Waals surface area contributed by atoms with Gasteiger partial charge in [-0.25, -0.2) is 0 Å². The van der Waals surface area contributed by atoms with E-state index in [-0.39, 0.29) is 18.8 Å². The van der Waals surface area contributed by atoms with Crippen molar-refractivity contribution in [2.45, 2.75) is 25.8 Å². The fraction of sp³-hybridized carbons (Fsp3) is 0.400.